The molecule has 0 aliphatic heterocycles. The van der Waals surface area contributed by atoms with Crippen LogP contribution in [0, 0.1) is 12.8 Å². The van der Waals surface area contributed by atoms with Crippen LogP contribution in [0.5, 0.6) is 0 Å². The van der Waals surface area contributed by atoms with Gasteiger partial charge in [-0.25, -0.2) is 0 Å². The summed E-state index contributed by atoms with van der Waals surface area (Å²) in [5, 5.41) is 3.44. The van der Waals surface area contributed by atoms with Crippen LogP contribution in [0.2, 0.25) is 0 Å². The van der Waals surface area contributed by atoms with Crippen molar-refractivity contribution in [1.82, 2.24) is 10.3 Å². The summed E-state index contributed by atoms with van der Waals surface area (Å²) in [6, 6.07) is 6.19. The Morgan fingerprint density at radius 2 is 2.29 bits per heavy atom. The van der Waals surface area contributed by atoms with E-state index >= 15 is 0 Å². The van der Waals surface area contributed by atoms with E-state index in [0.29, 0.717) is 0 Å². The van der Waals surface area contributed by atoms with Crippen LogP contribution in [0.3, 0.4) is 0 Å². The zero-order valence-electron chi connectivity index (χ0n) is 8.79. The zero-order chi connectivity index (χ0) is 9.80. The van der Waals surface area contributed by atoms with Gasteiger partial charge in [0, 0.05) is 12.2 Å². The SMILES string of the molecule is Cc1cccc(CNCCC2CC2)n1. The van der Waals surface area contributed by atoms with E-state index in [0.717, 1.165) is 30.4 Å². The highest BCUT2D eigenvalue weighted by Gasteiger charge is 2.19. The minimum atomic E-state index is 0.911. The predicted molar refractivity (Wildman–Crippen MR) is 58.0 cm³/mol. The van der Waals surface area contributed by atoms with Gasteiger partial charge in [-0.15, -0.1) is 0 Å². The van der Waals surface area contributed by atoms with E-state index in [2.05, 4.69) is 22.4 Å². The molecule has 1 aliphatic carbocycles. The fourth-order valence-corrected chi connectivity index (χ4v) is 1.63. The first-order chi connectivity index (χ1) is 6.84. The second-order valence-corrected chi connectivity index (χ2v) is 4.18. The molecule has 0 radical (unpaired) electrons. The lowest BCUT2D eigenvalue weighted by Crippen LogP contribution is -2.16. The molecule has 0 amide bonds. The van der Waals surface area contributed by atoms with Gasteiger partial charge in [-0.2, -0.15) is 0 Å². The third kappa shape index (κ3) is 3.11. The highest BCUT2D eigenvalue weighted by Crippen LogP contribution is 2.31. The molecule has 1 heterocycles. The van der Waals surface area contributed by atoms with E-state index in [1.165, 1.54) is 19.3 Å². The minimum absolute atomic E-state index is 0.911. The zero-order valence-corrected chi connectivity index (χ0v) is 8.79. The van der Waals surface area contributed by atoms with Gasteiger partial charge in [0.15, 0.2) is 0 Å². The molecule has 2 heteroatoms. The van der Waals surface area contributed by atoms with Crippen molar-refractivity contribution < 1.29 is 0 Å². The second kappa shape index (κ2) is 4.56. The lowest BCUT2D eigenvalue weighted by atomic mass is 10.3. The Balaban J connectivity index is 1.68. The molecule has 0 saturated heterocycles. The average Bonchev–Trinajstić information content (AvgIpc) is 2.96. The Bertz CT molecular complexity index is 292. The predicted octanol–water partition coefficient (Wildman–Crippen LogP) is 2.28. The number of rotatable bonds is 5. The van der Waals surface area contributed by atoms with E-state index in [1.54, 1.807) is 0 Å². The molecule has 0 bridgehead atoms. The largest absolute Gasteiger partial charge is 0.311 e. The topological polar surface area (TPSA) is 24.9 Å². The van der Waals surface area contributed by atoms with Gasteiger partial charge in [0.25, 0.3) is 0 Å². The van der Waals surface area contributed by atoms with E-state index in [4.69, 9.17) is 0 Å². The van der Waals surface area contributed by atoms with E-state index in [9.17, 15) is 0 Å². The molecule has 1 aromatic heterocycles. The molecule has 1 N–H and O–H groups in total. The molecule has 1 saturated carbocycles. The monoisotopic (exact) mass is 190 g/mol. The number of hydrogen-bond acceptors (Lipinski definition) is 2. The maximum absolute atomic E-state index is 4.44. The molecule has 1 aromatic rings. The summed E-state index contributed by atoms with van der Waals surface area (Å²) in [4.78, 5) is 4.44. The van der Waals surface area contributed by atoms with Crippen molar-refractivity contribution in [2.75, 3.05) is 6.54 Å². The number of pyridine rings is 1. The van der Waals surface area contributed by atoms with Crippen LogP contribution in [0.1, 0.15) is 30.7 Å². The van der Waals surface area contributed by atoms with Crippen molar-refractivity contribution in [3.8, 4) is 0 Å². The van der Waals surface area contributed by atoms with Gasteiger partial charge >= 0.3 is 0 Å². The summed E-state index contributed by atoms with van der Waals surface area (Å²) in [7, 11) is 0. The first-order valence-corrected chi connectivity index (χ1v) is 5.48. The molecule has 1 aliphatic rings. The Morgan fingerprint density at radius 3 is 3.00 bits per heavy atom. The van der Waals surface area contributed by atoms with Gasteiger partial charge in [-0.1, -0.05) is 18.9 Å². The molecule has 2 nitrogen and oxygen atoms in total. The number of nitrogens with zero attached hydrogens (tertiary/aromatic N) is 1. The third-order valence-electron chi connectivity index (χ3n) is 2.68. The maximum atomic E-state index is 4.44. The Kier molecular flexibility index (Phi) is 3.14. The van der Waals surface area contributed by atoms with Gasteiger partial charge in [0.1, 0.15) is 0 Å². The van der Waals surface area contributed by atoms with Crippen LogP contribution < -0.4 is 5.32 Å². The van der Waals surface area contributed by atoms with Gasteiger partial charge in [-0.05, 0) is 37.9 Å². The fraction of sp³-hybridized carbons (Fsp3) is 0.583. The third-order valence-corrected chi connectivity index (χ3v) is 2.68. The fourth-order valence-electron chi connectivity index (χ4n) is 1.63. The molecule has 76 valence electrons. The van der Waals surface area contributed by atoms with Crippen molar-refractivity contribution in [3.05, 3.63) is 29.6 Å². The summed E-state index contributed by atoms with van der Waals surface area (Å²) in [6.07, 6.45) is 4.24. The van der Waals surface area contributed by atoms with Crippen molar-refractivity contribution in [2.24, 2.45) is 5.92 Å². The normalized spacial score (nSPS) is 15.8. The summed E-state index contributed by atoms with van der Waals surface area (Å²) >= 11 is 0. The molecule has 0 atom stereocenters. The first kappa shape index (κ1) is 9.66. The Labute approximate surface area is 85.7 Å². The number of hydrogen-bond donors (Lipinski definition) is 1. The van der Waals surface area contributed by atoms with Gasteiger partial charge in [-0.3, -0.25) is 4.98 Å². The van der Waals surface area contributed by atoms with Crippen LogP contribution in [0.25, 0.3) is 0 Å². The molecule has 0 aromatic carbocycles. The van der Waals surface area contributed by atoms with Crippen LogP contribution in [0.15, 0.2) is 18.2 Å². The van der Waals surface area contributed by atoms with Crippen LogP contribution in [0.4, 0.5) is 0 Å². The molecular weight excluding hydrogens is 172 g/mol. The van der Waals surface area contributed by atoms with E-state index in [-0.39, 0.29) is 0 Å². The molecule has 2 rings (SSSR count). The summed E-state index contributed by atoms with van der Waals surface area (Å²) < 4.78 is 0. The smallest absolute Gasteiger partial charge is 0.0544 e. The number of nitrogens with one attached hydrogen (secondary N) is 1. The summed E-state index contributed by atoms with van der Waals surface area (Å²) in [5.74, 6) is 1.02. The Hall–Kier alpha value is -0.890. The van der Waals surface area contributed by atoms with Crippen molar-refractivity contribution in [1.29, 1.82) is 0 Å². The van der Waals surface area contributed by atoms with Gasteiger partial charge < -0.3 is 5.32 Å². The minimum Gasteiger partial charge on any atom is -0.311 e. The maximum Gasteiger partial charge on any atom is 0.0544 e. The highest BCUT2D eigenvalue weighted by molar-refractivity contribution is 5.09. The quantitative estimate of drug-likeness (QED) is 0.720. The standard InChI is InChI=1S/C12H18N2/c1-10-3-2-4-12(14-10)9-13-8-7-11-5-6-11/h2-4,11,13H,5-9H2,1H3. The summed E-state index contributed by atoms with van der Waals surface area (Å²) in [5.41, 5.74) is 2.26. The molecule has 1 fully saturated rings. The van der Waals surface area contributed by atoms with Crippen LogP contribution in [-0.4, -0.2) is 11.5 Å². The average molecular weight is 190 g/mol. The number of aryl methyl sites for hydroxylation is 1. The van der Waals surface area contributed by atoms with Crippen LogP contribution in [-0.2, 0) is 6.54 Å². The first-order valence-electron chi connectivity index (χ1n) is 5.48. The van der Waals surface area contributed by atoms with Crippen molar-refractivity contribution in [3.63, 3.8) is 0 Å². The van der Waals surface area contributed by atoms with Gasteiger partial charge in [0.2, 0.25) is 0 Å². The molecule has 0 spiro atoms. The lowest BCUT2D eigenvalue weighted by Gasteiger charge is -2.03. The van der Waals surface area contributed by atoms with Crippen molar-refractivity contribution in [2.45, 2.75) is 32.7 Å². The van der Waals surface area contributed by atoms with E-state index in [1.807, 2.05) is 13.0 Å². The van der Waals surface area contributed by atoms with Gasteiger partial charge in [0.05, 0.1) is 5.69 Å². The molecular formula is C12H18N2. The van der Waals surface area contributed by atoms with Crippen LogP contribution >= 0.6 is 0 Å². The lowest BCUT2D eigenvalue weighted by molar-refractivity contribution is 0.606. The number of aromatic nitrogens is 1. The summed E-state index contributed by atoms with van der Waals surface area (Å²) in [6.45, 7) is 4.09. The molecule has 0 unspecified atom stereocenters. The Morgan fingerprint density at radius 1 is 1.43 bits per heavy atom. The molecule has 14 heavy (non-hydrogen) atoms. The van der Waals surface area contributed by atoms with E-state index < -0.39 is 0 Å². The highest BCUT2D eigenvalue weighted by atomic mass is 14.9. The van der Waals surface area contributed by atoms with Crippen molar-refractivity contribution >= 4 is 0 Å². The second-order valence-electron chi connectivity index (χ2n) is 4.18.